The van der Waals surface area contributed by atoms with Gasteiger partial charge in [0, 0.05) is 12.2 Å². The van der Waals surface area contributed by atoms with E-state index in [0.29, 0.717) is 24.5 Å². The molecule has 3 rings (SSSR count). The van der Waals surface area contributed by atoms with Crippen LogP contribution in [-0.4, -0.2) is 21.8 Å². The van der Waals surface area contributed by atoms with Crippen LogP contribution in [0.5, 0.6) is 5.75 Å². The van der Waals surface area contributed by atoms with Crippen molar-refractivity contribution in [1.29, 1.82) is 0 Å². The fraction of sp³-hybridized carbons (Fsp3) is 0.130. The second kappa shape index (κ2) is 9.41. The van der Waals surface area contributed by atoms with Crippen molar-refractivity contribution in [2.45, 2.75) is 19.5 Å². The second-order valence-electron chi connectivity index (χ2n) is 6.57. The predicted molar refractivity (Wildman–Crippen MR) is 110 cm³/mol. The third-order valence-corrected chi connectivity index (χ3v) is 4.32. The van der Waals surface area contributed by atoms with Crippen LogP contribution in [0.1, 0.15) is 16.9 Å². The van der Waals surface area contributed by atoms with Crippen molar-refractivity contribution in [3.05, 3.63) is 96.5 Å². The topological polar surface area (TPSA) is 82.8 Å². The van der Waals surface area contributed by atoms with E-state index in [1.807, 2.05) is 12.1 Å². The van der Waals surface area contributed by atoms with Crippen molar-refractivity contribution in [2.24, 2.45) is 0 Å². The molecule has 0 aliphatic heterocycles. The lowest BCUT2D eigenvalue weighted by Gasteiger charge is -2.22. The number of rotatable bonds is 8. The van der Waals surface area contributed by atoms with Gasteiger partial charge in [-0.3, -0.25) is 9.59 Å². The molecule has 1 aromatic heterocycles. The molecule has 0 radical (unpaired) electrons. The Labute approximate surface area is 169 Å². The molecule has 0 fully saturated rings. The maximum Gasteiger partial charge on any atom is 0.247 e. The number of aromatic hydroxyl groups is 1. The summed E-state index contributed by atoms with van der Waals surface area (Å²) in [6.45, 7) is 4.15. The van der Waals surface area contributed by atoms with Crippen LogP contribution >= 0.6 is 0 Å². The molecule has 148 valence electrons. The molecule has 0 saturated carbocycles. The smallest absolute Gasteiger partial charge is 0.247 e. The summed E-state index contributed by atoms with van der Waals surface area (Å²) >= 11 is 0. The quantitative estimate of drug-likeness (QED) is 0.572. The monoisotopic (exact) mass is 390 g/mol. The zero-order valence-corrected chi connectivity index (χ0v) is 15.9. The number of nitrogens with one attached hydrogen (secondary N) is 1. The molecular formula is C23H22N2O4. The molecular weight excluding hydrogens is 368 g/mol. The highest BCUT2D eigenvalue weighted by atomic mass is 16.3. The molecule has 6 nitrogen and oxygen atoms in total. The van der Waals surface area contributed by atoms with Gasteiger partial charge in [-0.2, -0.15) is 0 Å². The molecule has 0 atom stereocenters. The Kier molecular flexibility index (Phi) is 6.47. The van der Waals surface area contributed by atoms with Gasteiger partial charge in [0.1, 0.15) is 11.5 Å². The molecule has 29 heavy (non-hydrogen) atoms. The Morgan fingerprint density at radius 1 is 1.03 bits per heavy atom. The van der Waals surface area contributed by atoms with Crippen molar-refractivity contribution in [2.75, 3.05) is 5.32 Å². The van der Waals surface area contributed by atoms with Gasteiger partial charge in [0.2, 0.25) is 11.8 Å². The normalized spacial score (nSPS) is 10.3. The van der Waals surface area contributed by atoms with Crippen LogP contribution in [0, 0.1) is 0 Å². The van der Waals surface area contributed by atoms with Crippen LogP contribution in [-0.2, 0) is 29.1 Å². The summed E-state index contributed by atoms with van der Waals surface area (Å²) in [5.74, 6) is 0.474. The van der Waals surface area contributed by atoms with Gasteiger partial charge in [-0.1, -0.05) is 30.8 Å². The summed E-state index contributed by atoms with van der Waals surface area (Å²) in [4.78, 5) is 26.2. The Balaban J connectivity index is 1.75. The largest absolute Gasteiger partial charge is 0.508 e. The first-order valence-electron chi connectivity index (χ1n) is 9.14. The molecule has 2 N–H and O–H groups in total. The van der Waals surface area contributed by atoms with Crippen molar-refractivity contribution in [3.8, 4) is 5.75 Å². The Morgan fingerprint density at radius 3 is 2.52 bits per heavy atom. The van der Waals surface area contributed by atoms with Crippen LogP contribution in [0.3, 0.4) is 0 Å². The Morgan fingerprint density at radius 2 is 1.83 bits per heavy atom. The number of carbonyl (C=O) groups is 2. The minimum atomic E-state index is -0.305. The zero-order valence-electron chi connectivity index (χ0n) is 15.9. The van der Waals surface area contributed by atoms with E-state index in [1.165, 1.54) is 6.08 Å². The molecule has 0 bridgehead atoms. The van der Waals surface area contributed by atoms with Crippen molar-refractivity contribution < 1.29 is 19.1 Å². The predicted octanol–water partition coefficient (Wildman–Crippen LogP) is 3.88. The molecule has 6 heteroatoms. The fourth-order valence-electron chi connectivity index (χ4n) is 2.88. The highest BCUT2D eigenvalue weighted by Crippen LogP contribution is 2.17. The van der Waals surface area contributed by atoms with Gasteiger partial charge in [-0.15, -0.1) is 0 Å². The number of phenols is 1. The number of amides is 2. The van der Waals surface area contributed by atoms with E-state index in [9.17, 15) is 14.7 Å². The Bertz CT molecular complexity index is 978. The highest BCUT2D eigenvalue weighted by molar-refractivity contribution is 5.98. The number of benzene rings is 2. The van der Waals surface area contributed by atoms with Crippen LogP contribution in [0.15, 0.2) is 84.0 Å². The maximum absolute atomic E-state index is 13.0. The lowest BCUT2D eigenvalue weighted by atomic mass is 10.1. The van der Waals surface area contributed by atoms with E-state index in [4.69, 9.17) is 4.42 Å². The fourth-order valence-corrected chi connectivity index (χ4v) is 2.88. The average molecular weight is 390 g/mol. The SMILES string of the molecule is C=CC(=O)Nc1cccc(CC(=O)N(Cc2ccc(O)cc2)Cc2ccco2)c1. The third kappa shape index (κ3) is 5.84. The van der Waals surface area contributed by atoms with Crippen molar-refractivity contribution >= 4 is 17.5 Å². The first-order valence-corrected chi connectivity index (χ1v) is 9.14. The van der Waals surface area contributed by atoms with Gasteiger partial charge in [-0.25, -0.2) is 0 Å². The molecule has 0 unspecified atom stereocenters. The number of carbonyl (C=O) groups excluding carboxylic acids is 2. The van der Waals surface area contributed by atoms with Gasteiger partial charge in [-0.05, 0) is 53.6 Å². The lowest BCUT2D eigenvalue weighted by molar-refractivity contribution is -0.132. The van der Waals surface area contributed by atoms with E-state index >= 15 is 0 Å². The first-order chi connectivity index (χ1) is 14.0. The minimum absolute atomic E-state index is 0.0818. The Hall–Kier alpha value is -3.80. The van der Waals surface area contributed by atoms with Crippen molar-refractivity contribution in [3.63, 3.8) is 0 Å². The number of nitrogens with zero attached hydrogens (tertiary/aromatic N) is 1. The van der Waals surface area contributed by atoms with Crippen LogP contribution in [0.4, 0.5) is 5.69 Å². The summed E-state index contributed by atoms with van der Waals surface area (Å²) in [6, 6.07) is 17.5. The molecule has 3 aromatic rings. The van der Waals surface area contributed by atoms with E-state index in [1.54, 1.807) is 59.7 Å². The van der Waals surface area contributed by atoms with Crippen LogP contribution in [0.25, 0.3) is 0 Å². The zero-order chi connectivity index (χ0) is 20.6. The molecule has 0 spiro atoms. The number of phenolic OH excluding ortho intramolecular Hbond substituents is 1. The van der Waals surface area contributed by atoms with E-state index in [-0.39, 0.29) is 24.0 Å². The number of furan rings is 1. The number of hydrogen-bond donors (Lipinski definition) is 2. The van der Waals surface area contributed by atoms with Gasteiger partial charge < -0.3 is 19.7 Å². The second-order valence-corrected chi connectivity index (χ2v) is 6.57. The average Bonchev–Trinajstić information content (AvgIpc) is 3.22. The molecule has 0 saturated heterocycles. The third-order valence-electron chi connectivity index (χ3n) is 4.32. The van der Waals surface area contributed by atoms with Gasteiger partial charge in [0.05, 0.1) is 19.2 Å². The number of hydrogen-bond acceptors (Lipinski definition) is 4. The highest BCUT2D eigenvalue weighted by Gasteiger charge is 2.17. The van der Waals surface area contributed by atoms with Crippen LogP contribution in [0.2, 0.25) is 0 Å². The van der Waals surface area contributed by atoms with E-state index < -0.39 is 0 Å². The van der Waals surface area contributed by atoms with E-state index in [0.717, 1.165) is 11.1 Å². The van der Waals surface area contributed by atoms with Gasteiger partial charge in [0.25, 0.3) is 0 Å². The molecule has 0 aliphatic carbocycles. The first kappa shape index (κ1) is 19.9. The van der Waals surface area contributed by atoms with Crippen LogP contribution < -0.4 is 5.32 Å². The summed E-state index contributed by atoms with van der Waals surface area (Å²) in [7, 11) is 0. The lowest BCUT2D eigenvalue weighted by Crippen LogP contribution is -2.31. The minimum Gasteiger partial charge on any atom is -0.508 e. The summed E-state index contributed by atoms with van der Waals surface area (Å²) < 4.78 is 5.41. The summed E-state index contributed by atoms with van der Waals surface area (Å²) in [5.41, 5.74) is 2.29. The molecule has 2 aromatic carbocycles. The molecule has 0 aliphatic rings. The summed E-state index contributed by atoms with van der Waals surface area (Å²) in [6.07, 6.45) is 2.95. The van der Waals surface area contributed by atoms with E-state index in [2.05, 4.69) is 11.9 Å². The molecule has 1 heterocycles. The van der Waals surface area contributed by atoms with Gasteiger partial charge in [0.15, 0.2) is 0 Å². The van der Waals surface area contributed by atoms with Crippen molar-refractivity contribution in [1.82, 2.24) is 4.90 Å². The molecule has 2 amide bonds. The maximum atomic E-state index is 13.0. The standard InChI is InChI=1S/C23H22N2O4/c1-2-22(27)24-19-6-3-5-18(13-19)14-23(28)25(16-21-7-4-12-29-21)15-17-8-10-20(26)11-9-17/h2-13,26H,1,14-16H2,(H,24,27). The van der Waals surface area contributed by atoms with Gasteiger partial charge >= 0.3 is 0 Å². The number of anilines is 1. The summed E-state index contributed by atoms with van der Waals surface area (Å²) in [5, 5.41) is 12.2.